The molecule has 0 bridgehead atoms. The highest BCUT2D eigenvalue weighted by atomic mass is 28.3. The van der Waals surface area contributed by atoms with Gasteiger partial charge in [0, 0.05) is 5.56 Å². The summed E-state index contributed by atoms with van der Waals surface area (Å²) >= 11 is 0. The van der Waals surface area contributed by atoms with E-state index in [2.05, 4.69) is 26.3 Å². The molecule has 1 heterocycles. The maximum absolute atomic E-state index is 11.2. The van der Waals surface area contributed by atoms with Crippen LogP contribution in [-0.4, -0.2) is 14.4 Å². The van der Waals surface area contributed by atoms with E-state index in [4.69, 9.17) is 4.42 Å². The molecule has 0 aliphatic carbocycles. The Hall–Kier alpha value is -1.87. The van der Waals surface area contributed by atoms with E-state index in [1.54, 1.807) is 12.3 Å². The zero-order valence-electron chi connectivity index (χ0n) is 11.9. The second-order valence-corrected chi connectivity index (χ2v) is 9.11. The van der Waals surface area contributed by atoms with Gasteiger partial charge in [-0.25, -0.2) is 0 Å². The number of allylic oxidation sites excluding steroid dienone is 4. The summed E-state index contributed by atoms with van der Waals surface area (Å²) in [5.74, 6) is 0. The zero-order chi connectivity index (χ0) is 15.0. The Bertz CT molecular complexity index is 485. The van der Waals surface area contributed by atoms with Crippen LogP contribution in [0.4, 0.5) is 0 Å². The average molecular weight is 286 g/mol. The first kappa shape index (κ1) is 16.2. The Morgan fingerprint density at radius 1 is 1.00 bits per heavy atom. The van der Waals surface area contributed by atoms with Crippen molar-refractivity contribution in [2.75, 3.05) is 0 Å². The number of furan rings is 1. The number of carbonyl (C=O) groups excluding carboxylic acids is 1. The quantitative estimate of drug-likeness (QED) is 0.369. The summed E-state index contributed by atoms with van der Waals surface area (Å²) in [6.45, 7) is 15.4. The van der Waals surface area contributed by atoms with E-state index in [1.807, 2.05) is 18.2 Å². The number of rotatable bonds is 10. The molecule has 1 rings (SSSR count). The third-order valence-corrected chi connectivity index (χ3v) is 8.08. The third-order valence-electron chi connectivity index (χ3n) is 3.49. The van der Waals surface area contributed by atoms with Gasteiger partial charge in [0.05, 0.1) is 10.9 Å². The SMILES string of the molecule is C=CCc1c(C=O)coc1[Si](CC=C)(CC=C)CC=C. The Morgan fingerprint density at radius 2 is 1.55 bits per heavy atom. The van der Waals surface area contributed by atoms with E-state index in [1.165, 1.54) is 0 Å². The van der Waals surface area contributed by atoms with E-state index in [-0.39, 0.29) is 0 Å². The van der Waals surface area contributed by atoms with Gasteiger partial charge in [-0.3, -0.25) is 4.79 Å². The molecule has 0 aromatic carbocycles. The van der Waals surface area contributed by atoms with Gasteiger partial charge >= 0.3 is 0 Å². The topological polar surface area (TPSA) is 30.2 Å². The Kier molecular flexibility index (Phi) is 6.19. The lowest BCUT2D eigenvalue weighted by molar-refractivity contribution is 0.112. The summed E-state index contributed by atoms with van der Waals surface area (Å²) < 4.78 is 5.80. The van der Waals surface area contributed by atoms with Gasteiger partial charge in [-0.2, -0.15) is 0 Å². The molecule has 106 valence electrons. The van der Waals surface area contributed by atoms with Crippen LogP contribution in [0, 0.1) is 0 Å². The molecule has 0 atom stereocenters. The normalized spacial score (nSPS) is 10.8. The van der Waals surface area contributed by atoms with Crippen LogP contribution in [0.15, 0.2) is 61.3 Å². The first-order chi connectivity index (χ1) is 9.68. The Balaban J connectivity index is 3.44. The number of hydrogen-bond donors (Lipinski definition) is 0. The Labute approximate surface area is 122 Å². The highest BCUT2D eigenvalue weighted by Gasteiger charge is 2.37. The highest BCUT2D eigenvalue weighted by Crippen LogP contribution is 2.26. The molecule has 0 spiro atoms. The van der Waals surface area contributed by atoms with Crippen molar-refractivity contribution >= 4 is 19.7 Å². The maximum Gasteiger partial charge on any atom is 0.153 e. The third kappa shape index (κ3) is 3.17. The van der Waals surface area contributed by atoms with Crippen molar-refractivity contribution in [2.24, 2.45) is 0 Å². The second-order valence-electron chi connectivity index (χ2n) is 4.87. The summed E-state index contributed by atoms with van der Waals surface area (Å²) in [5.41, 5.74) is 1.58. The minimum Gasteiger partial charge on any atom is -0.473 e. The molecule has 0 saturated carbocycles. The van der Waals surface area contributed by atoms with Gasteiger partial charge < -0.3 is 4.42 Å². The van der Waals surface area contributed by atoms with Crippen molar-refractivity contribution in [3.63, 3.8) is 0 Å². The summed E-state index contributed by atoms with van der Waals surface area (Å²) in [4.78, 5) is 11.2. The molecule has 0 unspecified atom stereocenters. The largest absolute Gasteiger partial charge is 0.473 e. The van der Waals surface area contributed by atoms with Crippen LogP contribution in [0.2, 0.25) is 18.1 Å². The van der Waals surface area contributed by atoms with Crippen molar-refractivity contribution in [2.45, 2.75) is 24.6 Å². The van der Waals surface area contributed by atoms with Crippen LogP contribution in [0.3, 0.4) is 0 Å². The van der Waals surface area contributed by atoms with Crippen molar-refractivity contribution in [1.29, 1.82) is 0 Å². The smallest absolute Gasteiger partial charge is 0.153 e. The molecule has 0 saturated heterocycles. The Morgan fingerprint density at radius 3 is 1.95 bits per heavy atom. The lowest BCUT2D eigenvalue weighted by Gasteiger charge is -2.27. The number of hydrogen-bond acceptors (Lipinski definition) is 2. The minimum absolute atomic E-state index is 0.619. The molecule has 0 radical (unpaired) electrons. The van der Waals surface area contributed by atoms with Gasteiger partial charge in [0.15, 0.2) is 6.29 Å². The van der Waals surface area contributed by atoms with Crippen LogP contribution in [-0.2, 0) is 6.42 Å². The molecular formula is C17H22O2Si. The molecule has 0 fully saturated rings. The molecule has 20 heavy (non-hydrogen) atoms. The molecule has 0 aliphatic rings. The van der Waals surface area contributed by atoms with Crippen LogP contribution < -0.4 is 5.38 Å². The standard InChI is InChI=1S/C17H22O2Si/c1-5-9-16-15(13-18)14-19-17(16)20(10-6-2,11-7-3)12-8-4/h5-8,13-14H,1-4,9-12H2. The number of aldehydes is 1. The van der Waals surface area contributed by atoms with E-state index in [9.17, 15) is 4.79 Å². The van der Waals surface area contributed by atoms with Crippen LogP contribution >= 0.6 is 0 Å². The van der Waals surface area contributed by atoms with Gasteiger partial charge in [-0.05, 0) is 24.6 Å². The van der Waals surface area contributed by atoms with E-state index in [0.717, 1.165) is 35.4 Å². The highest BCUT2D eigenvalue weighted by molar-refractivity contribution is 6.92. The molecule has 1 aromatic rings. The fourth-order valence-electron chi connectivity index (χ4n) is 2.65. The monoisotopic (exact) mass is 286 g/mol. The van der Waals surface area contributed by atoms with Crippen molar-refractivity contribution in [1.82, 2.24) is 0 Å². The molecule has 0 amide bonds. The fraction of sp³-hybridized carbons (Fsp3) is 0.235. The molecule has 0 N–H and O–H groups in total. The molecule has 1 aromatic heterocycles. The molecule has 0 aliphatic heterocycles. The van der Waals surface area contributed by atoms with Crippen molar-refractivity contribution in [3.05, 3.63) is 68.0 Å². The van der Waals surface area contributed by atoms with Gasteiger partial charge in [0.2, 0.25) is 0 Å². The fourth-order valence-corrected chi connectivity index (χ4v) is 6.56. The van der Waals surface area contributed by atoms with Crippen LogP contribution in [0.25, 0.3) is 0 Å². The van der Waals surface area contributed by atoms with E-state index < -0.39 is 8.07 Å². The summed E-state index contributed by atoms with van der Waals surface area (Å²) in [7, 11) is -1.98. The predicted octanol–water partition coefficient (Wildman–Crippen LogP) is 4.03. The van der Waals surface area contributed by atoms with Crippen molar-refractivity contribution < 1.29 is 9.21 Å². The molecular weight excluding hydrogens is 264 g/mol. The van der Waals surface area contributed by atoms with Crippen molar-refractivity contribution in [3.8, 4) is 0 Å². The van der Waals surface area contributed by atoms with Crippen LogP contribution in [0.1, 0.15) is 15.9 Å². The summed E-state index contributed by atoms with van der Waals surface area (Å²) in [6, 6.07) is 2.63. The van der Waals surface area contributed by atoms with E-state index >= 15 is 0 Å². The summed E-state index contributed by atoms with van der Waals surface area (Å²) in [6.07, 6.45) is 10.6. The zero-order valence-corrected chi connectivity index (χ0v) is 12.9. The lowest BCUT2D eigenvalue weighted by atomic mass is 10.1. The maximum atomic E-state index is 11.2. The average Bonchev–Trinajstić information content (AvgIpc) is 2.83. The first-order valence-corrected chi connectivity index (χ1v) is 9.30. The first-order valence-electron chi connectivity index (χ1n) is 6.68. The predicted molar refractivity (Wildman–Crippen MR) is 88.4 cm³/mol. The molecule has 3 heteroatoms. The molecule has 2 nitrogen and oxygen atoms in total. The van der Waals surface area contributed by atoms with Gasteiger partial charge in [-0.1, -0.05) is 24.3 Å². The van der Waals surface area contributed by atoms with Gasteiger partial charge in [-0.15, -0.1) is 26.3 Å². The minimum atomic E-state index is -1.98. The number of carbonyl (C=O) groups is 1. The van der Waals surface area contributed by atoms with Crippen LogP contribution in [0.5, 0.6) is 0 Å². The van der Waals surface area contributed by atoms with Gasteiger partial charge in [0.25, 0.3) is 0 Å². The van der Waals surface area contributed by atoms with E-state index in [0.29, 0.717) is 12.0 Å². The lowest BCUT2D eigenvalue weighted by Crippen LogP contribution is -2.47. The summed E-state index contributed by atoms with van der Waals surface area (Å²) in [5, 5.41) is 0.958. The second kappa shape index (κ2) is 7.65. The van der Waals surface area contributed by atoms with Gasteiger partial charge in [0.1, 0.15) is 14.3 Å².